The highest BCUT2D eigenvalue weighted by Crippen LogP contribution is 2.34. The number of carbonyl (C=O) groups is 2. The Morgan fingerprint density at radius 2 is 1.53 bits per heavy atom. The molecule has 0 aliphatic heterocycles. The predicted molar refractivity (Wildman–Crippen MR) is 193 cm³/mol. The van der Waals surface area contributed by atoms with Crippen molar-refractivity contribution in [2.24, 2.45) is 0 Å². The van der Waals surface area contributed by atoms with Gasteiger partial charge in [0.05, 0.1) is 26.2 Å². The van der Waals surface area contributed by atoms with Crippen LogP contribution in [0.4, 0.5) is 18.9 Å². The van der Waals surface area contributed by atoms with Crippen molar-refractivity contribution in [3.8, 4) is 0 Å². The molecule has 4 aromatic rings. The topological polar surface area (TPSA) is 86.8 Å². The molecule has 0 aromatic heterocycles. The van der Waals surface area contributed by atoms with E-state index in [9.17, 15) is 31.2 Å². The molecule has 5 rings (SSSR count). The molecule has 13 heteroatoms. The third-order valence-electron chi connectivity index (χ3n) is 8.91. The second-order valence-corrected chi connectivity index (χ2v) is 15.4. The second kappa shape index (κ2) is 16.5. The van der Waals surface area contributed by atoms with E-state index in [1.54, 1.807) is 49.4 Å². The summed E-state index contributed by atoms with van der Waals surface area (Å²) in [6.07, 6.45) is -0.183. The van der Waals surface area contributed by atoms with Gasteiger partial charge in [-0.1, -0.05) is 103 Å². The maximum Gasteiger partial charge on any atom is 0.416 e. The number of nitrogens with one attached hydrogen (secondary N) is 1. The van der Waals surface area contributed by atoms with Crippen LogP contribution < -0.4 is 9.62 Å². The Morgan fingerprint density at radius 3 is 2.18 bits per heavy atom. The zero-order valence-electron chi connectivity index (χ0n) is 27.9. The second-order valence-electron chi connectivity index (χ2n) is 12.7. The van der Waals surface area contributed by atoms with Crippen LogP contribution >= 0.6 is 23.2 Å². The molecule has 0 heterocycles. The van der Waals surface area contributed by atoms with E-state index in [0.29, 0.717) is 15.9 Å². The number of nitrogens with zero attached hydrogens (tertiary/aromatic N) is 2. The lowest BCUT2D eigenvalue weighted by atomic mass is 9.94. The van der Waals surface area contributed by atoms with E-state index >= 15 is 0 Å². The van der Waals surface area contributed by atoms with Crippen LogP contribution in [-0.4, -0.2) is 43.8 Å². The Kier molecular flexibility index (Phi) is 12.4. The summed E-state index contributed by atoms with van der Waals surface area (Å²) in [4.78, 5) is 30.0. The summed E-state index contributed by atoms with van der Waals surface area (Å²) >= 11 is 12.5. The molecular weight excluding hydrogens is 722 g/mol. The number of carbonyl (C=O) groups excluding carboxylic acids is 2. The largest absolute Gasteiger partial charge is 0.416 e. The molecule has 0 saturated heterocycles. The molecule has 51 heavy (non-hydrogen) atoms. The van der Waals surface area contributed by atoms with E-state index in [2.05, 4.69) is 5.32 Å². The Morgan fingerprint density at radius 1 is 0.843 bits per heavy atom. The number of anilines is 1. The van der Waals surface area contributed by atoms with Gasteiger partial charge >= 0.3 is 6.18 Å². The van der Waals surface area contributed by atoms with Crippen LogP contribution in [-0.2, 0) is 38.8 Å². The number of hydrogen-bond acceptors (Lipinski definition) is 4. The normalized spacial score (nSPS) is 14.5. The van der Waals surface area contributed by atoms with Gasteiger partial charge in [0.1, 0.15) is 12.6 Å². The molecule has 1 unspecified atom stereocenters. The van der Waals surface area contributed by atoms with Crippen LogP contribution in [0.2, 0.25) is 10.0 Å². The number of aryl methyl sites for hydroxylation is 1. The van der Waals surface area contributed by atoms with Crippen molar-refractivity contribution in [3.05, 3.63) is 129 Å². The van der Waals surface area contributed by atoms with Crippen molar-refractivity contribution in [2.45, 2.75) is 75.1 Å². The lowest BCUT2D eigenvalue weighted by molar-refractivity contribution is -0.140. The average molecular weight is 761 g/mol. The molecule has 1 atom stereocenters. The Bertz CT molecular complexity index is 1940. The maximum absolute atomic E-state index is 14.7. The molecule has 2 amide bonds. The molecule has 1 N–H and O–H groups in total. The minimum absolute atomic E-state index is 0.0841. The van der Waals surface area contributed by atoms with Gasteiger partial charge in [0.2, 0.25) is 11.8 Å². The fourth-order valence-electron chi connectivity index (χ4n) is 6.14. The van der Waals surface area contributed by atoms with Crippen LogP contribution in [0.3, 0.4) is 0 Å². The molecule has 1 aliphatic carbocycles. The van der Waals surface area contributed by atoms with Gasteiger partial charge in [0.15, 0.2) is 0 Å². The van der Waals surface area contributed by atoms with Crippen molar-refractivity contribution in [2.75, 3.05) is 10.8 Å². The molecule has 1 saturated carbocycles. The number of alkyl halides is 3. The SMILES string of the molecule is Cc1ccc(S(=O)(=O)N(CC(=O)N(Cc2ccc(Cl)c(Cl)c2)C(Cc2ccccc2)C(=O)NC2CCCCC2)c2cccc(C(F)(F)F)c2)cc1. The maximum atomic E-state index is 14.7. The highest BCUT2D eigenvalue weighted by Gasteiger charge is 2.37. The molecule has 4 aromatic carbocycles. The average Bonchev–Trinajstić information content (AvgIpc) is 3.10. The Hall–Kier alpha value is -4.06. The van der Waals surface area contributed by atoms with Crippen molar-refractivity contribution in [1.29, 1.82) is 0 Å². The van der Waals surface area contributed by atoms with Gasteiger partial charge in [-0.2, -0.15) is 13.2 Å². The first-order valence-corrected chi connectivity index (χ1v) is 18.8. The van der Waals surface area contributed by atoms with E-state index in [1.807, 2.05) is 18.2 Å². The summed E-state index contributed by atoms with van der Waals surface area (Å²) in [6.45, 7) is 0.684. The summed E-state index contributed by atoms with van der Waals surface area (Å²) in [5, 5.41) is 3.60. The quantitative estimate of drug-likeness (QED) is 0.157. The monoisotopic (exact) mass is 759 g/mol. The summed E-state index contributed by atoms with van der Waals surface area (Å²) in [5.41, 5.74) is 0.567. The fraction of sp³-hybridized carbons (Fsp3) is 0.316. The third-order valence-corrected chi connectivity index (χ3v) is 11.4. The van der Waals surface area contributed by atoms with Gasteiger partial charge in [-0.15, -0.1) is 0 Å². The Balaban J connectivity index is 1.61. The van der Waals surface area contributed by atoms with Gasteiger partial charge in [-0.25, -0.2) is 8.42 Å². The zero-order valence-corrected chi connectivity index (χ0v) is 30.2. The van der Waals surface area contributed by atoms with Crippen molar-refractivity contribution in [1.82, 2.24) is 10.2 Å². The molecule has 1 fully saturated rings. The number of amides is 2. The first-order valence-electron chi connectivity index (χ1n) is 16.6. The van der Waals surface area contributed by atoms with Crippen LogP contribution in [0.15, 0.2) is 102 Å². The standard InChI is InChI=1S/C38H38Cl2F3N3O4S/c1-26-15-18-32(19-16-26)51(49,50)46(31-14-8-11-29(23-31)38(41,42)43)25-36(47)45(24-28-17-20-33(39)34(40)21-28)35(22-27-9-4-2-5-10-27)37(48)44-30-12-6-3-7-13-30/h2,4-5,8-11,14-21,23,30,35H,3,6-7,12-13,22,24-25H2,1H3,(H,44,48). The highest BCUT2D eigenvalue weighted by atomic mass is 35.5. The smallest absolute Gasteiger partial charge is 0.352 e. The van der Waals surface area contributed by atoms with Crippen molar-refractivity contribution < 1.29 is 31.2 Å². The van der Waals surface area contributed by atoms with Gasteiger partial charge in [0, 0.05) is 19.0 Å². The van der Waals surface area contributed by atoms with E-state index in [4.69, 9.17) is 23.2 Å². The zero-order chi connectivity index (χ0) is 36.8. The third kappa shape index (κ3) is 9.84. The predicted octanol–water partition coefficient (Wildman–Crippen LogP) is 8.60. The molecule has 270 valence electrons. The summed E-state index contributed by atoms with van der Waals surface area (Å²) < 4.78 is 70.7. The highest BCUT2D eigenvalue weighted by molar-refractivity contribution is 7.92. The lowest BCUT2D eigenvalue weighted by Crippen LogP contribution is -2.55. The number of hydrogen-bond donors (Lipinski definition) is 1. The van der Waals surface area contributed by atoms with E-state index in [1.165, 1.54) is 23.1 Å². The van der Waals surface area contributed by atoms with Gasteiger partial charge in [-0.3, -0.25) is 13.9 Å². The van der Waals surface area contributed by atoms with Crippen molar-refractivity contribution >= 4 is 50.7 Å². The summed E-state index contributed by atoms with van der Waals surface area (Å²) in [5.74, 6) is -1.24. The van der Waals surface area contributed by atoms with Crippen LogP contribution in [0.5, 0.6) is 0 Å². The van der Waals surface area contributed by atoms with Crippen molar-refractivity contribution in [3.63, 3.8) is 0 Å². The van der Waals surface area contributed by atoms with E-state index in [-0.39, 0.29) is 39.6 Å². The first kappa shape index (κ1) is 38.2. The number of sulfonamides is 1. The van der Waals surface area contributed by atoms with Crippen LogP contribution in [0, 0.1) is 6.92 Å². The lowest BCUT2D eigenvalue weighted by Gasteiger charge is -2.35. The minimum Gasteiger partial charge on any atom is -0.352 e. The Labute approximate surface area is 306 Å². The molecular formula is C38H38Cl2F3N3O4S. The molecule has 0 spiro atoms. The summed E-state index contributed by atoms with van der Waals surface area (Å²) in [7, 11) is -4.60. The molecule has 0 radical (unpaired) electrons. The number of rotatable bonds is 12. The number of benzene rings is 4. The first-order chi connectivity index (χ1) is 24.2. The minimum atomic E-state index is -4.78. The van der Waals surface area contributed by atoms with E-state index < -0.39 is 46.2 Å². The molecule has 0 bridgehead atoms. The number of halogens is 5. The van der Waals surface area contributed by atoms with E-state index in [0.717, 1.165) is 55.4 Å². The molecule has 1 aliphatic rings. The van der Waals surface area contributed by atoms with Gasteiger partial charge < -0.3 is 10.2 Å². The van der Waals surface area contributed by atoms with Crippen LogP contribution in [0.1, 0.15) is 54.4 Å². The molecule has 7 nitrogen and oxygen atoms in total. The van der Waals surface area contributed by atoms with Gasteiger partial charge in [-0.05, 0) is 73.4 Å². The van der Waals surface area contributed by atoms with Gasteiger partial charge in [0.25, 0.3) is 10.0 Å². The van der Waals surface area contributed by atoms with Crippen LogP contribution in [0.25, 0.3) is 0 Å². The summed E-state index contributed by atoms with van der Waals surface area (Å²) in [6, 6.07) is 22.2. The fourth-order valence-corrected chi connectivity index (χ4v) is 7.86.